The van der Waals surface area contributed by atoms with E-state index < -0.39 is 23.6 Å². The van der Waals surface area contributed by atoms with Crippen LogP contribution in [0, 0.1) is 36.4 Å². The second kappa shape index (κ2) is 4.98. The molecule has 5 heteroatoms. The van der Waals surface area contributed by atoms with Crippen molar-refractivity contribution in [2.24, 2.45) is 23.7 Å². The molecule has 1 saturated carbocycles. The van der Waals surface area contributed by atoms with Crippen molar-refractivity contribution in [2.45, 2.75) is 13.3 Å². The average molecular weight is 289 g/mol. The molecule has 4 nitrogen and oxygen atoms in total. The van der Waals surface area contributed by atoms with Gasteiger partial charge in [-0.2, -0.15) is 0 Å². The van der Waals surface area contributed by atoms with Gasteiger partial charge in [0.15, 0.2) is 0 Å². The summed E-state index contributed by atoms with van der Waals surface area (Å²) in [4.78, 5) is 23.9. The maximum absolute atomic E-state index is 13.3. The van der Waals surface area contributed by atoms with E-state index in [2.05, 4.69) is 5.32 Å². The highest BCUT2D eigenvalue weighted by Gasteiger charge is 2.51. The summed E-state index contributed by atoms with van der Waals surface area (Å²) in [5.74, 6) is -3.09. The van der Waals surface area contributed by atoms with E-state index in [1.807, 2.05) is 12.2 Å². The number of halogens is 1. The Morgan fingerprint density at radius 2 is 1.90 bits per heavy atom. The van der Waals surface area contributed by atoms with Gasteiger partial charge in [0, 0.05) is 5.69 Å². The predicted octanol–water partition coefficient (Wildman–Crippen LogP) is 2.60. The van der Waals surface area contributed by atoms with Gasteiger partial charge in [0.2, 0.25) is 5.91 Å². The van der Waals surface area contributed by atoms with Crippen molar-refractivity contribution < 1.29 is 19.1 Å². The van der Waals surface area contributed by atoms with Gasteiger partial charge in [-0.3, -0.25) is 9.59 Å². The van der Waals surface area contributed by atoms with E-state index in [0.29, 0.717) is 12.1 Å². The summed E-state index contributed by atoms with van der Waals surface area (Å²) in [6.07, 6.45) is 4.52. The molecular weight excluding hydrogens is 273 g/mol. The molecule has 1 aromatic rings. The number of fused-ring (bicyclic) bond motifs is 2. The molecule has 0 spiro atoms. The normalized spacial score (nSPS) is 29.6. The van der Waals surface area contributed by atoms with Gasteiger partial charge in [0.25, 0.3) is 0 Å². The highest BCUT2D eigenvalue weighted by Crippen LogP contribution is 2.48. The molecule has 1 fully saturated rings. The molecule has 0 aromatic heterocycles. The molecule has 21 heavy (non-hydrogen) atoms. The number of amides is 1. The molecule has 110 valence electrons. The van der Waals surface area contributed by atoms with Crippen LogP contribution in [-0.4, -0.2) is 17.0 Å². The third kappa shape index (κ3) is 2.33. The largest absolute Gasteiger partial charge is 0.481 e. The number of hydrogen-bond acceptors (Lipinski definition) is 2. The van der Waals surface area contributed by atoms with Gasteiger partial charge in [-0.1, -0.05) is 18.2 Å². The van der Waals surface area contributed by atoms with E-state index in [4.69, 9.17) is 0 Å². The number of nitrogens with one attached hydrogen (secondary N) is 1. The summed E-state index contributed by atoms with van der Waals surface area (Å²) in [7, 11) is 0. The first kappa shape index (κ1) is 13.8. The number of carbonyl (C=O) groups excluding carboxylic acids is 1. The summed E-state index contributed by atoms with van der Waals surface area (Å²) in [5.41, 5.74) is 1.14. The first-order valence-corrected chi connectivity index (χ1v) is 6.95. The number of aryl methyl sites for hydroxylation is 1. The van der Waals surface area contributed by atoms with E-state index in [9.17, 15) is 19.1 Å². The zero-order valence-corrected chi connectivity index (χ0v) is 11.5. The Bertz CT molecular complexity index is 640. The lowest BCUT2D eigenvalue weighted by molar-refractivity contribution is -0.146. The minimum absolute atomic E-state index is 0.0371. The summed E-state index contributed by atoms with van der Waals surface area (Å²) < 4.78 is 13.3. The van der Waals surface area contributed by atoms with Crippen molar-refractivity contribution in [1.29, 1.82) is 0 Å². The smallest absolute Gasteiger partial charge is 0.307 e. The Balaban J connectivity index is 1.83. The van der Waals surface area contributed by atoms with E-state index in [-0.39, 0.29) is 17.7 Å². The zero-order valence-electron chi connectivity index (χ0n) is 11.5. The molecule has 4 atom stereocenters. The Kier molecular flexibility index (Phi) is 3.27. The molecule has 2 bridgehead atoms. The van der Waals surface area contributed by atoms with Crippen molar-refractivity contribution >= 4 is 17.6 Å². The molecule has 0 unspecified atom stereocenters. The molecular formula is C16H16FNO3. The Labute approximate surface area is 121 Å². The van der Waals surface area contributed by atoms with Gasteiger partial charge in [-0.05, 0) is 42.9 Å². The molecule has 1 aromatic carbocycles. The molecule has 0 saturated heterocycles. The minimum atomic E-state index is -0.942. The number of carboxylic acid groups (broad SMARTS) is 1. The standard InChI is InChI=1S/C16H16FNO3/c1-8-2-5-11(17)7-12(8)18-15(19)13-9-3-4-10(6-9)14(13)16(20)21/h2-5,7,9-10,13-14H,6H2,1H3,(H,18,19)(H,20,21)/t9-,10-,13-,14+/m0/s1. The topological polar surface area (TPSA) is 66.4 Å². The van der Waals surface area contributed by atoms with Crippen LogP contribution < -0.4 is 5.32 Å². The first-order chi connectivity index (χ1) is 9.97. The fourth-order valence-electron chi connectivity index (χ4n) is 3.46. The fraction of sp³-hybridized carbons (Fsp3) is 0.375. The van der Waals surface area contributed by atoms with Crippen molar-refractivity contribution in [2.75, 3.05) is 5.32 Å². The molecule has 1 amide bonds. The van der Waals surface area contributed by atoms with Crippen LogP contribution in [0.5, 0.6) is 0 Å². The lowest BCUT2D eigenvalue weighted by atomic mass is 9.82. The average Bonchev–Trinajstić information content (AvgIpc) is 3.03. The van der Waals surface area contributed by atoms with Crippen LogP contribution in [-0.2, 0) is 9.59 Å². The van der Waals surface area contributed by atoms with Crippen molar-refractivity contribution in [1.82, 2.24) is 0 Å². The number of benzene rings is 1. The molecule has 0 radical (unpaired) electrons. The van der Waals surface area contributed by atoms with Crippen LogP contribution >= 0.6 is 0 Å². The number of rotatable bonds is 3. The van der Waals surface area contributed by atoms with Gasteiger partial charge < -0.3 is 10.4 Å². The highest BCUT2D eigenvalue weighted by molar-refractivity contribution is 5.96. The summed E-state index contributed by atoms with van der Waals surface area (Å²) in [6.45, 7) is 1.77. The van der Waals surface area contributed by atoms with Crippen LogP contribution in [0.3, 0.4) is 0 Å². The number of hydrogen-bond donors (Lipinski definition) is 2. The third-order valence-corrected chi connectivity index (χ3v) is 4.50. The van der Waals surface area contributed by atoms with Gasteiger partial charge in [-0.25, -0.2) is 4.39 Å². The van der Waals surface area contributed by atoms with Crippen molar-refractivity contribution in [3.8, 4) is 0 Å². The van der Waals surface area contributed by atoms with E-state index >= 15 is 0 Å². The summed E-state index contributed by atoms with van der Waals surface area (Å²) in [5, 5.41) is 12.0. The van der Waals surface area contributed by atoms with E-state index in [0.717, 1.165) is 5.56 Å². The van der Waals surface area contributed by atoms with Crippen LogP contribution in [0.4, 0.5) is 10.1 Å². The Morgan fingerprint density at radius 1 is 1.24 bits per heavy atom. The lowest BCUT2D eigenvalue weighted by Gasteiger charge is -2.24. The number of anilines is 1. The van der Waals surface area contributed by atoms with Gasteiger partial charge in [0.05, 0.1) is 11.8 Å². The summed E-state index contributed by atoms with van der Waals surface area (Å²) in [6, 6.07) is 4.16. The van der Waals surface area contributed by atoms with Crippen molar-refractivity contribution in [3.05, 3.63) is 41.7 Å². The molecule has 2 aliphatic carbocycles. The Hall–Kier alpha value is -2.17. The second-order valence-corrected chi connectivity index (χ2v) is 5.79. The Morgan fingerprint density at radius 3 is 2.57 bits per heavy atom. The minimum Gasteiger partial charge on any atom is -0.481 e. The lowest BCUT2D eigenvalue weighted by Crippen LogP contribution is -2.36. The van der Waals surface area contributed by atoms with Crippen LogP contribution in [0.1, 0.15) is 12.0 Å². The maximum atomic E-state index is 13.3. The van der Waals surface area contributed by atoms with Crippen LogP contribution in [0.25, 0.3) is 0 Å². The second-order valence-electron chi connectivity index (χ2n) is 5.79. The van der Waals surface area contributed by atoms with Gasteiger partial charge in [-0.15, -0.1) is 0 Å². The molecule has 2 aliphatic rings. The van der Waals surface area contributed by atoms with E-state index in [1.165, 1.54) is 12.1 Å². The van der Waals surface area contributed by atoms with E-state index in [1.54, 1.807) is 13.0 Å². The fourth-order valence-corrected chi connectivity index (χ4v) is 3.46. The SMILES string of the molecule is Cc1ccc(F)cc1NC(=O)[C@@H]1[C@H](C(=O)O)[C@H]2C=C[C@H]1C2. The maximum Gasteiger partial charge on any atom is 0.307 e. The van der Waals surface area contributed by atoms with Crippen LogP contribution in [0.2, 0.25) is 0 Å². The molecule has 2 N–H and O–H groups in total. The third-order valence-electron chi connectivity index (χ3n) is 4.50. The molecule has 3 rings (SSSR count). The van der Waals surface area contributed by atoms with Crippen molar-refractivity contribution in [3.63, 3.8) is 0 Å². The monoisotopic (exact) mass is 289 g/mol. The summed E-state index contributed by atoms with van der Waals surface area (Å²) >= 11 is 0. The number of carbonyl (C=O) groups is 2. The zero-order chi connectivity index (χ0) is 15.1. The highest BCUT2D eigenvalue weighted by atomic mass is 19.1. The van der Waals surface area contributed by atoms with Crippen LogP contribution in [0.15, 0.2) is 30.4 Å². The predicted molar refractivity (Wildman–Crippen MR) is 75.1 cm³/mol. The van der Waals surface area contributed by atoms with Gasteiger partial charge in [0.1, 0.15) is 5.82 Å². The number of aliphatic carboxylic acids is 1. The first-order valence-electron chi connectivity index (χ1n) is 6.95. The molecule has 0 heterocycles. The number of carboxylic acids is 1. The molecule has 0 aliphatic heterocycles. The number of allylic oxidation sites excluding steroid dienone is 2. The van der Waals surface area contributed by atoms with Gasteiger partial charge >= 0.3 is 5.97 Å². The quantitative estimate of drug-likeness (QED) is 0.841.